The Bertz CT molecular complexity index is 1090. The highest BCUT2D eigenvalue weighted by atomic mass is 32.1. The number of anilines is 1. The maximum Gasteiger partial charge on any atom is 0.318 e. The number of aryl methyl sites for hydroxylation is 1. The number of fused-ring (bicyclic) bond motifs is 1. The molecule has 2 atom stereocenters. The molecule has 0 saturated carbocycles. The number of likely N-dealkylation sites (N-methyl/N-ethyl adjacent to an activating group) is 1. The van der Waals surface area contributed by atoms with Crippen LogP contribution in [0, 0.1) is 6.92 Å². The van der Waals surface area contributed by atoms with Crippen molar-refractivity contribution in [2.45, 2.75) is 45.4 Å². The molecule has 8 nitrogen and oxygen atoms in total. The largest absolute Gasteiger partial charge is 0.348 e. The summed E-state index contributed by atoms with van der Waals surface area (Å²) in [6, 6.07) is 10.0. The zero-order valence-electron chi connectivity index (χ0n) is 19.6. The van der Waals surface area contributed by atoms with Crippen molar-refractivity contribution < 1.29 is 4.79 Å². The van der Waals surface area contributed by atoms with Crippen molar-refractivity contribution in [2.24, 2.45) is 0 Å². The molecule has 2 N–H and O–H groups in total. The average molecular weight is 466 g/mol. The minimum atomic E-state index is -0.0910. The van der Waals surface area contributed by atoms with E-state index in [1.165, 1.54) is 0 Å². The number of thiazole rings is 1. The summed E-state index contributed by atoms with van der Waals surface area (Å²) >= 11 is 1.62. The fourth-order valence-electron chi connectivity index (χ4n) is 4.01. The number of hydrogen-bond donors (Lipinski definition) is 2. The van der Waals surface area contributed by atoms with E-state index in [0.717, 1.165) is 40.5 Å². The Kier molecular flexibility index (Phi) is 7.20. The Labute approximate surface area is 199 Å². The number of carbonyl (C=O) groups excluding carboxylic acids is 1. The molecule has 1 aliphatic rings. The van der Waals surface area contributed by atoms with E-state index in [9.17, 15) is 4.79 Å². The minimum absolute atomic E-state index is 0.0639. The third-order valence-corrected chi connectivity index (χ3v) is 6.66. The van der Waals surface area contributed by atoms with Crippen LogP contribution < -0.4 is 10.6 Å². The molecule has 174 valence electrons. The average Bonchev–Trinajstić information content (AvgIpc) is 3.22. The van der Waals surface area contributed by atoms with Crippen molar-refractivity contribution in [1.29, 1.82) is 0 Å². The van der Waals surface area contributed by atoms with Crippen molar-refractivity contribution in [2.75, 3.05) is 26.0 Å². The number of aromatic nitrogens is 3. The molecule has 4 rings (SSSR count). The normalized spacial score (nSPS) is 16.4. The van der Waals surface area contributed by atoms with Crippen molar-refractivity contribution in [3.63, 3.8) is 0 Å². The molecule has 0 fully saturated rings. The predicted octanol–water partition coefficient (Wildman–Crippen LogP) is 3.61. The first kappa shape index (κ1) is 23.1. The van der Waals surface area contributed by atoms with Crippen molar-refractivity contribution in [1.82, 2.24) is 30.1 Å². The molecule has 0 radical (unpaired) electrons. The number of nitrogens with one attached hydrogen (secondary N) is 2. The van der Waals surface area contributed by atoms with Crippen LogP contribution in [0.1, 0.15) is 40.5 Å². The molecular weight excluding hydrogens is 434 g/mol. The molecule has 0 aliphatic carbocycles. The smallest absolute Gasteiger partial charge is 0.318 e. The van der Waals surface area contributed by atoms with Gasteiger partial charge in [0.15, 0.2) is 0 Å². The Balaban J connectivity index is 1.45. The van der Waals surface area contributed by atoms with Gasteiger partial charge in [-0.25, -0.2) is 19.7 Å². The van der Waals surface area contributed by atoms with Gasteiger partial charge in [0.1, 0.15) is 5.01 Å². The van der Waals surface area contributed by atoms with Crippen LogP contribution in [-0.4, -0.2) is 57.5 Å². The van der Waals surface area contributed by atoms with Gasteiger partial charge in [-0.15, -0.1) is 11.3 Å². The SMILES string of the molecule is Cc1csc(CNc2ncc3c(n2)CN(C(=O)N[C@H](CN(C)C)c2ccccc2)[C@H](C)C3)n1. The Hall–Kier alpha value is -3.04. The topological polar surface area (TPSA) is 86.3 Å². The minimum Gasteiger partial charge on any atom is -0.348 e. The van der Waals surface area contributed by atoms with Gasteiger partial charge in [0.2, 0.25) is 5.95 Å². The first-order valence-corrected chi connectivity index (χ1v) is 12.0. The molecule has 0 bridgehead atoms. The van der Waals surface area contributed by atoms with Gasteiger partial charge in [-0.05, 0) is 45.5 Å². The highest BCUT2D eigenvalue weighted by Crippen LogP contribution is 2.24. The first-order valence-electron chi connectivity index (χ1n) is 11.2. The van der Waals surface area contributed by atoms with Gasteiger partial charge in [0, 0.05) is 29.9 Å². The summed E-state index contributed by atoms with van der Waals surface area (Å²) in [7, 11) is 4.03. The summed E-state index contributed by atoms with van der Waals surface area (Å²) in [5.74, 6) is 0.561. The zero-order valence-corrected chi connectivity index (χ0v) is 20.4. The van der Waals surface area contributed by atoms with Crippen LogP contribution in [0.15, 0.2) is 41.9 Å². The molecule has 1 aliphatic heterocycles. The lowest BCUT2D eigenvalue weighted by molar-refractivity contribution is 0.161. The quantitative estimate of drug-likeness (QED) is 0.554. The number of rotatable bonds is 7. The molecule has 3 aromatic rings. The van der Waals surface area contributed by atoms with E-state index < -0.39 is 0 Å². The number of amides is 2. The van der Waals surface area contributed by atoms with E-state index in [0.29, 0.717) is 19.0 Å². The molecular formula is C24H31N7OS. The van der Waals surface area contributed by atoms with Crippen LogP contribution in [0.2, 0.25) is 0 Å². The molecule has 9 heteroatoms. The summed E-state index contributed by atoms with van der Waals surface area (Å²) in [5.41, 5.74) is 4.09. The second kappa shape index (κ2) is 10.3. The van der Waals surface area contributed by atoms with Crippen LogP contribution >= 0.6 is 11.3 Å². The monoisotopic (exact) mass is 465 g/mol. The summed E-state index contributed by atoms with van der Waals surface area (Å²) < 4.78 is 0. The lowest BCUT2D eigenvalue weighted by atomic mass is 10.0. The van der Waals surface area contributed by atoms with E-state index in [1.807, 2.05) is 55.7 Å². The highest BCUT2D eigenvalue weighted by molar-refractivity contribution is 7.09. The molecule has 33 heavy (non-hydrogen) atoms. The van der Waals surface area contributed by atoms with Gasteiger partial charge in [-0.2, -0.15) is 0 Å². The number of carbonyl (C=O) groups is 1. The van der Waals surface area contributed by atoms with Crippen LogP contribution in [-0.2, 0) is 19.5 Å². The lowest BCUT2D eigenvalue weighted by Gasteiger charge is -2.35. The first-order chi connectivity index (χ1) is 15.9. The van der Waals surface area contributed by atoms with E-state index >= 15 is 0 Å². The molecule has 2 amide bonds. The Morgan fingerprint density at radius 3 is 2.76 bits per heavy atom. The van der Waals surface area contributed by atoms with Gasteiger partial charge in [0.25, 0.3) is 0 Å². The van der Waals surface area contributed by atoms with Crippen molar-refractivity contribution >= 4 is 23.3 Å². The van der Waals surface area contributed by atoms with Crippen LogP contribution in [0.25, 0.3) is 0 Å². The van der Waals surface area contributed by atoms with Gasteiger partial charge in [-0.1, -0.05) is 30.3 Å². The Morgan fingerprint density at radius 2 is 2.06 bits per heavy atom. The van der Waals surface area contributed by atoms with Gasteiger partial charge in [-0.3, -0.25) is 0 Å². The second-order valence-electron chi connectivity index (χ2n) is 8.76. The summed E-state index contributed by atoms with van der Waals surface area (Å²) in [5, 5.41) is 9.52. The van der Waals surface area contributed by atoms with E-state index in [4.69, 9.17) is 4.98 Å². The molecule has 0 spiro atoms. The maximum atomic E-state index is 13.3. The number of nitrogens with zero attached hydrogens (tertiary/aromatic N) is 5. The summed E-state index contributed by atoms with van der Waals surface area (Å²) in [6.45, 7) is 5.82. The number of hydrogen-bond acceptors (Lipinski definition) is 7. The molecule has 0 unspecified atom stereocenters. The molecule has 1 aromatic carbocycles. The zero-order chi connectivity index (χ0) is 23.4. The Morgan fingerprint density at radius 1 is 1.27 bits per heavy atom. The summed E-state index contributed by atoms with van der Waals surface area (Å²) in [6.07, 6.45) is 2.61. The fourth-order valence-corrected chi connectivity index (χ4v) is 4.72. The van der Waals surface area contributed by atoms with Crippen LogP contribution in [0.4, 0.5) is 10.7 Å². The molecule has 3 heterocycles. The van der Waals surface area contributed by atoms with Crippen molar-refractivity contribution in [3.05, 3.63) is 69.4 Å². The fraction of sp³-hybridized carbons (Fsp3) is 0.417. The van der Waals surface area contributed by atoms with E-state index in [2.05, 4.69) is 44.6 Å². The van der Waals surface area contributed by atoms with Crippen LogP contribution in [0.3, 0.4) is 0 Å². The molecule has 2 aromatic heterocycles. The molecule has 0 saturated heterocycles. The summed E-state index contributed by atoms with van der Waals surface area (Å²) in [4.78, 5) is 30.9. The van der Waals surface area contributed by atoms with E-state index in [1.54, 1.807) is 11.3 Å². The number of benzene rings is 1. The van der Waals surface area contributed by atoms with Gasteiger partial charge < -0.3 is 20.4 Å². The van der Waals surface area contributed by atoms with Gasteiger partial charge in [0.05, 0.1) is 24.8 Å². The highest BCUT2D eigenvalue weighted by Gasteiger charge is 2.30. The second-order valence-corrected chi connectivity index (χ2v) is 9.70. The van der Waals surface area contributed by atoms with Gasteiger partial charge >= 0.3 is 6.03 Å². The maximum absolute atomic E-state index is 13.3. The standard InChI is InChI=1S/C24H31N7OS/c1-16-15-33-22(27-16)12-26-23-25-11-19-10-17(2)31(14-21(19)28-23)24(32)29-20(13-30(3)4)18-8-6-5-7-9-18/h5-9,11,15,17,20H,10,12-14H2,1-4H3,(H,29,32)(H,25,26,28)/t17-,20-/m1/s1. The van der Waals surface area contributed by atoms with Crippen LogP contribution in [0.5, 0.6) is 0 Å². The lowest BCUT2D eigenvalue weighted by Crippen LogP contribution is -2.50. The van der Waals surface area contributed by atoms with E-state index in [-0.39, 0.29) is 18.1 Å². The number of urea groups is 1. The third kappa shape index (κ3) is 5.85. The predicted molar refractivity (Wildman–Crippen MR) is 131 cm³/mol. The van der Waals surface area contributed by atoms with Crippen molar-refractivity contribution in [3.8, 4) is 0 Å². The third-order valence-electron chi connectivity index (χ3n) is 5.69.